The molecule has 0 spiro atoms. The Balaban J connectivity index is 2.11. The van der Waals surface area contributed by atoms with E-state index in [0.29, 0.717) is 11.7 Å². The van der Waals surface area contributed by atoms with Gasteiger partial charge in [-0.25, -0.2) is 0 Å². The topological polar surface area (TPSA) is 12.5 Å². The Hall–Kier alpha value is -0.300. The molecule has 0 saturated carbocycles. The summed E-state index contributed by atoms with van der Waals surface area (Å²) >= 11 is 0. The summed E-state index contributed by atoms with van der Waals surface area (Å²) in [7, 11) is 0. The first-order valence-electron chi connectivity index (χ1n) is 3.70. The zero-order valence-corrected chi connectivity index (χ0v) is 5.76. The van der Waals surface area contributed by atoms with Crippen molar-refractivity contribution in [2.45, 2.75) is 37.9 Å². The van der Waals surface area contributed by atoms with Crippen LogP contribution >= 0.6 is 0 Å². The Morgan fingerprint density at radius 1 is 1.67 bits per heavy atom. The largest absolute Gasteiger partial charge is 0.365 e. The van der Waals surface area contributed by atoms with Gasteiger partial charge in [-0.2, -0.15) is 0 Å². The van der Waals surface area contributed by atoms with Gasteiger partial charge in [0, 0.05) is 0 Å². The van der Waals surface area contributed by atoms with E-state index in [1.807, 2.05) is 0 Å². The summed E-state index contributed by atoms with van der Waals surface area (Å²) in [4.78, 5) is 0. The number of hydrogen-bond donors (Lipinski definition) is 0. The Kier molecular flexibility index (Phi) is 0.974. The van der Waals surface area contributed by atoms with E-state index in [9.17, 15) is 0 Å². The highest BCUT2D eigenvalue weighted by molar-refractivity contribution is 5.13. The lowest BCUT2D eigenvalue weighted by atomic mass is 9.92. The van der Waals surface area contributed by atoms with Crippen LogP contribution in [0.1, 0.15) is 26.2 Å². The lowest BCUT2D eigenvalue weighted by molar-refractivity contribution is 0.290. The first-order valence-corrected chi connectivity index (χ1v) is 3.70. The molecule has 1 fully saturated rings. The molecule has 1 aliphatic carbocycles. The molecule has 0 amide bonds. The third-order valence-electron chi connectivity index (χ3n) is 2.49. The first kappa shape index (κ1) is 5.48. The second-order valence-corrected chi connectivity index (χ2v) is 2.94. The van der Waals surface area contributed by atoms with Gasteiger partial charge in [-0.05, 0) is 19.3 Å². The minimum Gasteiger partial charge on any atom is -0.365 e. The zero-order valence-electron chi connectivity index (χ0n) is 5.76. The normalized spacial score (nSPS) is 46.6. The van der Waals surface area contributed by atoms with Crippen LogP contribution in [0, 0.1) is 0 Å². The molecule has 50 valence electrons. The third kappa shape index (κ3) is 0.645. The molecule has 2 rings (SSSR count). The van der Waals surface area contributed by atoms with Gasteiger partial charge in [-0.1, -0.05) is 19.1 Å². The maximum atomic E-state index is 5.55. The van der Waals surface area contributed by atoms with Crippen molar-refractivity contribution in [2.24, 2.45) is 0 Å². The van der Waals surface area contributed by atoms with Gasteiger partial charge in [0.2, 0.25) is 0 Å². The van der Waals surface area contributed by atoms with Crippen molar-refractivity contribution in [2.75, 3.05) is 0 Å². The van der Waals surface area contributed by atoms with Crippen molar-refractivity contribution in [3.8, 4) is 0 Å². The predicted molar refractivity (Wildman–Crippen MR) is 36.3 cm³/mol. The van der Waals surface area contributed by atoms with Gasteiger partial charge in [0.05, 0.1) is 11.7 Å². The van der Waals surface area contributed by atoms with Crippen LogP contribution in [0.2, 0.25) is 0 Å². The van der Waals surface area contributed by atoms with Crippen molar-refractivity contribution in [1.29, 1.82) is 0 Å². The van der Waals surface area contributed by atoms with Crippen LogP contribution < -0.4 is 0 Å². The van der Waals surface area contributed by atoms with Crippen molar-refractivity contribution in [3.63, 3.8) is 0 Å². The van der Waals surface area contributed by atoms with Gasteiger partial charge >= 0.3 is 0 Å². The summed E-state index contributed by atoms with van der Waals surface area (Å²) in [5.41, 5.74) is 0.300. The molecule has 0 N–H and O–H groups in total. The van der Waals surface area contributed by atoms with Gasteiger partial charge < -0.3 is 4.74 Å². The quantitative estimate of drug-likeness (QED) is 0.384. The Morgan fingerprint density at radius 3 is 3.11 bits per heavy atom. The maximum Gasteiger partial charge on any atom is 0.0983 e. The predicted octanol–water partition coefficient (Wildman–Crippen LogP) is 1.88. The Bertz CT molecular complexity index is 151. The molecule has 0 bridgehead atoms. The van der Waals surface area contributed by atoms with Gasteiger partial charge in [0.15, 0.2) is 0 Å². The van der Waals surface area contributed by atoms with Crippen LogP contribution in [0.25, 0.3) is 0 Å². The van der Waals surface area contributed by atoms with Crippen molar-refractivity contribution in [3.05, 3.63) is 12.2 Å². The van der Waals surface area contributed by atoms with Crippen LogP contribution in [-0.4, -0.2) is 11.7 Å². The van der Waals surface area contributed by atoms with E-state index in [2.05, 4.69) is 19.1 Å². The number of ether oxygens (including phenoxy) is 1. The molecule has 1 heterocycles. The number of rotatable bonds is 1. The van der Waals surface area contributed by atoms with E-state index >= 15 is 0 Å². The molecule has 0 radical (unpaired) electrons. The number of epoxide rings is 1. The van der Waals surface area contributed by atoms with E-state index in [0.717, 1.165) is 12.8 Å². The molecular formula is C8H12O. The minimum atomic E-state index is 0.300. The second kappa shape index (κ2) is 1.60. The Labute approximate surface area is 55.7 Å². The van der Waals surface area contributed by atoms with Crippen LogP contribution in [-0.2, 0) is 4.74 Å². The lowest BCUT2D eigenvalue weighted by Gasteiger charge is -2.08. The third-order valence-corrected chi connectivity index (χ3v) is 2.49. The van der Waals surface area contributed by atoms with Gasteiger partial charge in [0.1, 0.15) is 0 Å². The highest BCUT2D eigenvalue weighted by Crippen LogP contribution is 2.47. The molecule has 0 unspecified atom stereocenters. The monoisotopic (exact) mass is 124 g/mol. The average Bonchev–Trinajstić information content (AvgIpc) is 2.62. The first-order chi connectivity index (χ1) is 4.37. The summed E-state index contributed by atoms with van der Waals surface area (Å²) in [6.07, 6.45) is 8.52. The smallest absolute Gasteiger partial charge is 0.0983 e. The number of hydrogen-bond acceptors (Lipinski definition) is 1. The van der Waals surface area contributed by atoms with Crippen molar-refractivity contribution >= 4 is 0 Å². The molecular weight excluding hydrogens is 112 g/mol. The second-order valence-electron chi connectivity index (χ2n) is 2.94. The minimum absolute atomic E-state index is 0.300. The fraction of sp³-hybridized carbons (Fsp3) is 0.750. The standard InChI is InChI=1S/C8H12O/c1-2-8-6-4-3-5-7(8)9-8/h3-4,7H,2,5-6H2,1H3/t7-,8+/m0/s1. The fourth-order valence-corrected chi connectivity index (χ4v) is 1.65. The summed E-state index contributed by atoms with van der Waals surface area (Å²) in [5.74, 6) is 0. The van der Waals surface area contributed by atoms with E-state index in [4.69, 9.17) is 4.74 Å². The molecule has 0 aromatic heterocycles. The van der Waals surface area contributed by atoms with Crippen LogP contribution in [0.4, 0.5) is 0 Å². The molecule has 9 heavy (non-hydrogen) atoms. The van der Waals surface area contributed by atoms with Crippen molar-refractivity contribution in [1.82, 2.24) is 0 Å². The van der Waals surface area contributed by atoms with Crippen LogP contribution in [0.15, 0.2) is 12.2 Å². The highest BCUT2D eigenvalue weighted by Gasteiger charge is 2.54. The SMILES string of the molecule is CC[C@@]12CC=CC[C@@H]1O2. The Morgan fingerprint density at radius 2 is 2.56 bits per heavy atom. The zero-order chi connectivity index (χ0) is 6.32. The van der Waals surface area contributed by atoms with Gasteiger partial charge in [0.25, 0.3) is 0 Å². The van der Waals surface area contributed by atoms with Gasteiger partial charge in [-0.3, -0.25) is 0 Å². The summed E-state index contributed by atoms with van der Waals surface area (Å²) in [5, 5.41) is 0. The number of fused-ring (bicyclic) bond motifs is 1. The lowest BCUT2D eigenvalue weighted by Crippen LogP contribution is -2.14. The van der Waals surface area contributed by atoms with Gasteiger partial charge in [-0.15, -0.1) is 0 Å². The molecule has 2 atom stereocenters. The van der Waals surface area contributed by atoms with Crippen molar-refractivity contribution < 1.29 is 4.74 Å². The molecule has 1 saturated heterocycles. The van der Waals surface area contributed by atoms with Crippen LogP contribution in [0.5, 0.6) is 0 Å². The summed E-state index contributed by atoms with van der Waals surface area (Å²) in [6.45, 7) is 2.21. The molecule has 1 nitrogen and oxygen atoms in total. The average molecular weight is 124 g/mol. The van der Waals surface area contributed by atoms with E-state index in [1.165, 1.54) is 6.42 Å². The highest BCUT2D eigenvalue weighted by atomic mass is 16.6. The van der Waals surface area contributed by atoms with E-state index in [-0.39, 0.29) is 0 Å². The molecule has 0 aromatic rings. The van der Waals surface area contributed by atoms with E-state index < -0.39 is 0 Å². The fourth-order valence-electron chi connectivity index (χ4n) is 1.65. The van der Waals surface area contributed by atoms with E-state index in [1.54, 1.807) is 0 Å². The molecule has 1 heteroatoms. The molecule has 0 aromatic carbocycles. The van der Waals surface area contributed by atoms with Crippen LogP contribution in [0.3, 0.4) is 0 Å². The summed E-state index contributed by atoms with van der Waals surface area (Å²) < 4.78 is 5.55. The molecule has 1 aliphatic heterocycles. The maximum absolute atomic E-state index is 5.55. The molecule has 2 aliphatic rings. The summed E-state index contributed by atoms with van der Waals surface area (Å²) in [6, 6.07) is 0.